The van der Waals surface area contributed by atoms with Crippen LogP contribution in [0.4, 0.5) is 0 Å². The molecule has 0 saturated carbocycles. The van der Waals surface area contributed by atoms with Crippen molar-refractivity contribution in [2.45, 2.75) is 15.8 Å². The molecule has 0 fully saturated rings. The van der Waals surface area contributed by atoms with Crippen molar-refractivity contribution in [3.8, 4) is 5.75 Å². The van der Waals surface area contributed by atoms with Crippen LogP contribution in [0.15, 0.2) is 70.7 Å². The van der Waals surface area contributed by atoms with E-state index in [4.69, 9.17) is 4.74 Å². The predicted octanol–water partition coefficient (Wildman–Crippen LogP) is 5.15. The quantitative estimate of drug-likeness (QED) is 0.469. The van der Waals surface area contributed by atoms with E-state index in [0.717, 1.165) is 5.75 Å². The van der Waals surface area contributed by atoms with Gasteiger partial charge in [0, 0.05) is 33.3 Å². The molecule has 24 heavy (non-hydrogen) atoms. The van der Waals surface area contributed by atoms with Crippen LogP contribution in [-0.4, -0.2) is 17.1 Å². The summed E-state index contributed by atoms with van der Waals surface area (Å²) < 4.78 is 5.48. The zero-order valence-electron chi connectivity index (χ0n) is 13.2. The van der Waals surface area contributed by atoms with E-state index in [1.54, 1.807) is 18.9 Å². The van der Waals surface area contributed by atoms with Gasteiger partial charge in [-0.25, -0.2) is 0 Å². The lowest BCUT2D eigenvalue weighted by Crippen LogP contribution is -2.10. The maximum atomic E-state index is 5.48. The van der Waals surface area contributed by atoms with Gasteiger partial charge in [-0.05, 0) is 42.0 Å². The first-order valence-electron chi connectivity index (χ1n) is 7.95. The topological polar surface area (TPSA) is 40.8 Å². The Bertz CT molecular complexity index is 1030. The van der Waals surface area contributed by atoms with Crippen LogP contribution in [-0.2, 0) is 0 Å². The predicted molar refractivity (Wildman–Crippen MR) is 97.2 cm³/mol. The monoisotopic (exact) mass is 332 g/mol. The van der Waals surface area contributed by atoms with Crippen LogP contribution in [0.5, 0.6) is 5.75 Å². The Labute approximate surface area is 144 Å². The molecule has 118 valence electrons. The minimum absolute atomic E-state index is 0.178. The summed E-state index contributed by atoms with van der Waals surface area (Å²) in [4.78, 5) is 8.28. The number of aromatic nitrogens is 2. The molecule has 1 atom stereocenters. The first-order chi connectivity index (χ1) is 11.8. The van der Waals surface area contributed by atoms with Crippen LogP contribution in [0.1, 0.15) is 22.7 Å². The number of para-hydroxylation sites is 1. The lowest BCUT2D eigenvalue weighted by Gasteiger charge is -2.26. The van der Waals surface area contributed by atoms with Crippen LogP contribution >= 0.6 is 11.8 Å². The van der Waals surface area contributed by atoms with E-state index in [1.807, 2.05) is 12.3 Å². The second kappa shape index (κ2) is 5.21. The second-order valence-corrected chi connectivity index (χ2v) is 7.03. The number of H-pyrrole nitrogens is 2. The van der Waals surface area contributed by atoms with Crippen LogP contribution in [0.3, 0.4) is 0 Å². The van der Waals surface area contributed by atoms with Crippen LogP contribution in [0.2, 0.25) is 0 Å². The Hall–Kier alpha value is -2.59. The largest absolute Gasteiger partial charge is 0.497 e. The van der Waals surface area contributed by atoms with Gasteiger partial charge in [-0.1, -0.05) is 30.0 Å². The van der Waals surface area contributed by atoms with Gasteiger partial charge in [-0.2, -0.15) is 0 Å². The molecule has 2 aromatic carbocycles. The fraction of sp³-hybridized carbons (Fsp3) is 0.100. The first-order valence-corrected chi connectivity index (χ1v) is 8.76. The highest BCUT2D eigenvalue weighted by Gasteiger charge is 2.31. The molecule has 0 aliphatic carbocycles. The third-order valence-electron chi connectivity index (χ3n) is 4.67. The second-order valence-electron chi connectivity index (χ2n) is 5.98. The average molecular weight is 332 g/mol. The van der Waals surface area contributed by atoms with Crippen molar-refractivity contribution in [3.05, 3.63) is 77.6 Å². The third kappa shape index (κ3) is 1.93. The van der Waals surface area contributed by atoms with Gasteiger partial charge >= 0.3 is 0 Å². The third-order valence-corrected chi connectivity index (χ3v) is 5.79. The Kier molecular flexibility index (Phi) is 3.00. The molecule has 1 aliphatic rings. The minimum atomic E-state index is 0.178. The number of benzene rings is 2. The maximum Gasteiger partial charge on any atom is 0.119 e. The molecule has 0 bridgehead atoms. The van der Waals surface area contributed by atoms with Gasteiger partial charge in [0.25, 0.3) is 0 Å². The number of hydrogen-bond acceptors (Lipinski definition) is 2. The van der Waals surface area contributed by atoms with E-state index in [-0.39, 0.29) is 5.92 Å². The molecule has 2 aromatic heterocycles. The van der Waals surface area contributed by atoms with E-state index >= 15 is 0 Å². The number of aromatic amines is 2. The van der Waals surface area contributed by atoms with Gasteiger partial charge in [-0.3, -0.25) is 0 Å². The molecule has 1 aliphatic heterocycles. The molecular formula is C20H16N2OS. The van der Waals surface area contributed by atoms with E-state index in [9.17, 15) is 0 Å². The van der Waals surface area contributed by atoms with E-state index < -0.39 is 0 Å². The molecule has 5 rings (SSSR count). The minimum Gasteiger partial charge on any atom is -0.497 e. The highest BCUT2D eigenvalue weighted by molar-refractivity contribution is 7.99. The highest BCUT2D eigenvalue weighted by Crippen LogP contribution is 2.51. The van der Waals surface area contributed by atoms with Crippen LogP contribution in [0, 0.1) is 0 Å². The Morgan fingerprint density at radius 2 is 1.96 bits per heavy atom. The molecule has 0 radical (unpaired) electrons. The van der Waals surface area contributed by atoms with Gasteiger partial charge < -0.3 is 14.7 Å². The van der Waals surface area contributed by atoms with Crippen LogP contribution < -0.4 is 4.74 Å². The van der Waals surface area contributed by atoms with Gasteiger partial charge in [0.15, 0.2) is 0 Å². The van der Waals surface area contributed by atoms with Crippen molar-refractivity contribution < 1.29 is 4.74 Å². The zero-order chi connectivity index (χ0) is 16.1. The Morgan fingerprint density at radius 1 is 1.04 bits per heavy atom. The Balaban J connectivity index is 1.83. The van der Waals surface area contributed by atoms with Crippen molar-refractivity contribution in [2.75, 3.05) is 7.11 Å². The molecule has 3 nitrogen and oxygen atoms in total. The molecule has 4 aromatic rings. The van der Waals surface area contributed by atoms with Gasteiger partial charge in [0.2, 0.25) is 0 Å². The highest BCUT2D eigenvalue weighted by atomic mass is 32.2. The van der Waals surface area contributed by atoms with E-state index in [0.29, 0.717) is 0 Å². The summed E-state index contributed by atoms with van der Waals surface area (Å²) in [6.07, 6.45) is 1.99. The SMILES string of the molecule is COc1ccc2c(c1)C(c1ccc[nH]1)c1c([nH]c3ccccc13)S2. The smallest absolute Gasteiger partial charge is 0.119 e. The first kappa shape index (κ1) is 13.8. The van der Waals surface area contributed by atoms with Crippen molar-refractivity contribution in [3.63, 3.8) is 0 Å². The fourth-order valence-electron chi connectivity index (χ4n) is 3.59. The maximum absolute atomic E-state index is 5.48. The van der Waals surface area contributed by atoms with Gasteiger partial charge in [-0.15, -0.1) is 0 Å². The van der Waals surface area contributed by atoms with Crippen molar-refractivity contribution in [1.29, 1.82) is 0 Å². The van der Waals surface area contributed by atoms with E-state index in [1.165, 1.54) is 37.6 Å². The summed E-state index contributed by atoms with van der Waals surface area (Å²) in [5.74, 6) is 1.08. The van der Waals surface area contributed by atoms with Crippen molar-refractivity contribution in [1.82, 2.24) is 9.97 Å². The standard InChI is InChI=1S/C20H16N2OS/c1-23-12-8-9-17-14(11-12)18(16-7-4-10-21-16)19-13-5-2-3-6-15(13)22-20(19)24-17/h2-11,18,21-22H,1H3. The zero-order valence-corrected chi connectivity index (χ0v) is 14.0. The van der Waals surface area contributed by atoms with Crippen molar-refractivity contribution in [2.24, 2.45) is 0 Å². The lowest BCUT2D eigenvalue weighted by molar-refractivity contribution is 0.413. The summed E-state index contributed by atoms with van der Waals surface area (Å²) in [6.45, 7) is 0. The molecule has 2 N–H and O–H groups in total. The van der Waals surface area contributed by atoms with Gasteiger partial charge in [0.05, 0.1) is 18.1 Å². The van der Waals surface area contributed by atoms with Gasteiger partial charge in [0.1, 0.15) is 5.75 Å². The number of ether oxygens (including phenoxy) is 1. The summed E-state index contributed by atoms with van der Waals surface area (Å²) >= 11 is 1.80. The van der Waals surface area contributed by atoms with Crippen LogP contribution in [0.25, 0.3) is 10.9 Å². The summed E-state index contributed by atoms with van der Waals surface area (Å²) in [5.41, 5.74) is 5.03. The number of rotatable bonds is 2. The number of methoxy groups -OCH3 is 1. The Morgan fingerprint density at radius 3 is 2.79 bits per heavy atom. The summed E-state index contributed by atoms with van der Waals surface area (Å²) in [5, 5.41) is 2.52. The molecule has 0 amide bonds. The lowest BCUT2D eigenvalue weighted by atomic mass is 9.87. The van der Waals surface area contributed by atoms with Crippen molar-refractivity contribution >= 4 is 22.7 Å². The molecule has 4 heteroatoms. The molecule has 0 spiro atoms. The molecule has 3 heterocycles. The molecular weight excluding hydrogens is 316 g/mol. The number of hydrogen-bond donors (Lipinski definition) is 2. The summed E-state index contributed by atoms with van der Waals surface area (Å²) in [7, 11) is 1.72. The fourth-order valence-corrected chi connectivity index (χ4v) is 4.74. The number of nitrogens with one attached hydrogen (secondary N) is 2. The average Bonchev–Trinajstić information content (AvgIpc) is 3.27. The van der Waals surface area contributed by atoms with E-state index in [2.05, 4.69) is 58.5 Å². The molecule has 0 saturated heterocycles. The molecule has 1 unspecified atom stereocenters. The summed E-state index contributed by atoms with van der Waals surface area (Å²) in [6, 6.07) is 19.1. The number of fused-ring (bicyclic) bond motifs is 4. The normalized spacial score (nSPS) is 16.0.